The van der Waals surface area contributed by atoms with Gasteiger partial charge in [-0.2, -0.15) is 0 Å². The highest BCUT2D eigenvalue weighted by atomic mass is 35.5. The van der Waals surface area contributed by atoms with Crippen LogP contribution in [0, 0.1) is 5.82 Å². The molecule has 0 bridgehead atoms. The van der Waals surface area contributed by atoms with Crippen LogP contribution in [0.15, 0.2) is 41.0 Å². The van der Waals surface area contributed by atoms with Crippen molar-refractivity contribution in [2.24, 2.45) is 0 Å². The minimum Gasteiger partial charge on any atom is -0.459 e. The fourth-order valence-corrected chi connectivity index (χ4v) is 3.21. The summed E-state index contributed by atoms with van der Waals surface area (Å²) in [5.41, 5.74) is 0.874. The quantitative estimate of drug-likeness (QED) is 0.819. The van der Waals surface area contributed by atoms with Crippen LogP contribution in [-0.2, 0) is 11.3 Å². The number of rotatable bonds is 6. The van der Waals surface area contributed by atoms with E-state index in [1.54, 1.807) is 23.1 Å². The van der Waals surface area contributed by atoms with Crippen LogP contribution < -0.4 is 5.32 Å². The number of amides is 2. The van der Waals surface area contributed by atoms with Crippen LogP contribution in [0.3, 0.4) is 0 Å². The van der Waals surface area contributed by atoms with Crippen molar-refractivity contribution in [1.29, 1.82) is 0 Å². The molecule has 2 aromatic rings. The summed E-state index contributed by atoms with van der Waals surface area (Å²) in [4.78, 5) is 28.0. The Balaban J connectivity index is 1.39. The van der Waals surface area contributed by atoms with Crippen molar-refractivity contribution in [1.82, 2.24) is 15.1 Å². The molecule has 1 aromatic heterocycles. The lowest BCUT2D eigenvalue weighted by atomic mass is 10.2. The first kappa shape index (κ1) is 19.4. The first-order valence-electron chi connectivity index (χ1n) is 8.78. The fraction of sp³-hybridized carbons (Fsp3) is 0.368. The summed E-state index contributed by atoms with van der Waals surface area (Å²) in [6.45, 7) is 3.56. The van der Waals surface area contributed by atoms with Crippen LogP contribution in [0.5, 0.6) is 0 Å². The molecule has 0 radical (unpaired) electrons. The van der Waals surface area contributed by atoms with E-state index in [4.69, 9.17) is 16.0 Å². The standard InChI is InChI=1S/C19H21ClFN3O3/c20-16-12-15(21)4-3-14(16)13-23-7-9-24(10-8-23)18(25)5-6-22-19(26)17-2-1-11-27-17/h1-4,11-12H,5-10,13H2,(H,22,26). The molecule has 1 aliphatic heterocycles. The van der Waals surface area contributed by atoms with Gasteiger partial charge in [0, 0.05) is 50.7 Å². The van der Waals surface area contributed by atoms with Gasteiger partial charge in [-0.3, -0.25) is 14.5 Å². The molecule has 1 saturated heterocycles. The van der Waals surface area contributed by atoms with Crippen molar-refractivity contribution >= 4 is 23.4 Å². The Kier molecular flexibility index (Phi) is 6.47. The van der Waals surface area contributed by atoms with Gasteiger partial charge in [0.2, 0.25) is 5.91 Å². The second-order valence-electron chi connectivity index (χ2n) is 6.38. The van der Waals surface area contributed by atoms with Crippen molar-refractivity contribution in [3.63, 3.8) is 0 Å². The van der Waals surface area contributed by atoms with Crippen molar-refractivity contribution < 1.29 is 18.4 Å². The summed E-state index contributed by atoms with van der Waals surface area (Å²) < 4.78 is 18.1. The van der Waals surface area contributed by atoms with Gasteiger partial charge in [0.15, 0.2) is 5.76 Å². The average molecular weight is 394 g/mol. The summed E-state index contributed by atoms with van der Waals surface area (Å²) in [6, 6.07) is 7.62. The topological polar surface area (TPSA) is 65.8 Å². The molecule has 1 fully saturated rings. The maximum absolute atomic E-state index is 13.1. The van der Waals surface area contributed by atoms with Gasteiger partial charge in [-0.1, -0.05) is 17.7 Å². The van der Waals surface area contributed by atoms with Crippen molar-refractivity contribution in [2.45, 2.75) is 13.0 Å². The number of halogens is 2. The first-order valence-corrected chi connectivity index (χ1v) is 9.16. The molecule has 0 atom stereocenters. The summed E-state index contributed by atoms with van der Waals surface area (Å²) in [6.07, 6.45) is 1.68. The molecule has 0 unspecified atom stereocenters. The summed E-state index contributed by atoms with van der Waals surface area (Å²) in [7, 11) is 0. The van der Waals surface area contributed by atoms with Gasteiger partial charge in [0.1, 0.15) is 5.82 Å². The Morgan fingerprint density at radius 1 is 1.19 bits per heavy atom. The maximum Gasteiger partial charge on any atom is 0.286 e. The van der Waals surface area contributed by atoms with Gasteiger partial charge in [-0.25, -0.2) is 4.39 Å². The fourth-order valence-electron chi connectivity index (χ4n) is 2.98. The second-order valence-corrected chi connectivity index (χ2v) is 6.78. The van der Waals surface area contributed by atoms with Crippen molar-refractivity contribution in [2.75, 3.05) is 32.7 Å². The Hall–Kier alpha value is -2.38. The molecule has 1 aliphatic rings. The predicted octanol–water partition coefficient (Wildman–Crippen LogP) is 2.54. The molecule has 6 nitrogen and oxygen atoms in total. The van der Waals surface area contributed by atoms with E-state index in [9.17, 15) is 14.0 Å². The molecule has 0 spiro atoms. The second kappa shape index (κ2) is 9.01. The molecule has 3 rings (SSSR count). The summed E-state index contributed by atoms with van der Waals surface area (Å²) in [5, 5.41) is 3.09. The van der Waals surface area contributed by atoms with E-state index in [1.165, 1.54) is 18.4 Å². The zero-order valence-electron chi connectivity index (χ0n) is 14.8. The van der Waals surface area contributed by atoms with Crippen LogP contribution in [0.1, 0.15) is 22.5 Å². The van der Waals surface area contributed by atoms with Crippen molar-refractivity contribution in [3.8, 4) is 0 Å². The van der Waals surface area contributed by atoms with E-state index in [1.807, 2.05) is 0 Å². The maximum atomic E-state index is 13.1. The average Bonchev–Trinajstić information content (AvgIpc) is 3.19. The minimum absolute atomic E-state index is 0.00853. The molecular weight excluding hydrogens is 373 g/mol. The molecule has 2 heterocycles. The van der Waals surface area contributed by atoms with Crippen LogP contribution in [0.2, 0.25) is 5.02 Å². The summed E-state index contributed by atoms with van der Waals surface area (Å²) in [5.74, 6) is -0.433. The third-order valence-electron chi connectivity index (χ3n) is 4.50. The summed E-state index contributed by atoms with van der Waals surface area (Å²) >= 11 is 6.08. The molecule has 27 heavy (non-hydrogen) atoms. The number of nitrogens with one attached hydrogen (secondary N) is 1. The normalized spacial score (nSPS) is 15.0. The number of hydrogen-bond acceptors (Lipinski definition) is 4. The van der Waals surface area contributed by atoms with E-state index in [0.717, 1.165) is 18.7 Å². The predicted molar refractivity (Wildman–Crippen MR) is 98.9 cm³/mol. The highest BCUT2D eigenvalue weighted by Gasteiger charge is 2.21. The Labute approximate surface area is 161 Å². The Morgan fingerprint density at radius 3 is 2.63 bits per heavy atom. The third-order valence-corrected chi connectivity index (χ3v) is 4.86. The largest absolute Gasteiger partial charge is 0.459 e. The lowest BCUT2D eigenvalue weighted by Gasteiger charge is -2.35. The first-order chi connectivity index (χ1) is 13.0. The van der Waals surface area contributed by atoms with Gasteiger partial charge in [0.05, 0.1) is 6.26 Å². The van der Waals surface area contributed by atoms with Gasteiger partial charge in [-0.15, -0.1) is 0 Å². The lowest BCUT2D eigenvalue weighted by molar-refractivity contribution is -0.132. The monoisotopic (exact) mass is 393 g/mol. The van der Waals surface area contributed by atoms with Crippen LogP contribution in [0.4, 0.5) is 4.39 Å². The van der Waals surface area contributed by atoms with Gasteiger partial charge >= 0.3 is 0 Å². The molecule has 2 amide bonds. The number of hydrogen-bond donors (Lipinski definition) is 1. The molecule has 144 valence electrons. The molecular formula is C19H21ClFN3O3. The minimum atomic E-state index is -0.349. The highest BCUT2D eigenvalue weighted by molar-refractivity contribution is 6.31. The smallest absolute Gasteiger partial charge is 0.286 e. The number of benzene rings is 1. The lowest BCUT2D eigenvalue weighted by Crippen LogP contribution is -2.48. The number of furan rings is 1. The Morgan fingerprint density at radius 2 is 1.96 bits per heavy atom. The van der Waals surface area contributed by atoms with Crippen LogP contribution in [-0.4, -0.2) is 54.3 Å². The number of piperazine rings is 1. The van der Waals surface area contributed by atoms with E-state index < -0.39 is 0 Å². The Bertz CT molecular complexity index is 790. The number of carbonyl (C=O) groups is 2. The van der Waals surface area contributed by atoms with Crippen LogP contribution in [0.25, 0.3) is 0 Å². The molecule has 0 aliphatic carbocycles. The van der Waals surface area contributed by atoms with E-state index in [0.29, 0.717) is 24.7 Å². The zero-order chi connectivity index (χ0) is 19.2. The van der Waals surface area contributed by atoms with E-state index >= 15 is 0 Å². The SMILES string of the molecule is O=C(NCCC(=O)N1CCN(Cc2ccc(F)cc2Cl)CC1)c1ccco1. The van der Waals surface area contributed by atoms with Crippen LogP contribution >= 0.6 is 11.6 Å². The van der Waals surface area contributed by atoms with Gasteiger partial charge < -0.3 is 14.6 Å². The highest BCUT2D eigenvalue weighted by Crippen LogP contribution is 2.19. The third kappa shape index (κ3) is 5.30. The molecule has 8 heteroatoms. The van der Waals surface area contributed by atoms with Gasteiger partial charge in [-0.05, 0) is 29.8 Å². The molecule has 1 aromatic carbocycles. The zero-order valence-corrected chi connectivity index (χ0v) is 15.5. The van der Waals surface area contributed by atoms with E-state index in [2.05, 4.69) is 10.2 Å². The van der Waals surface area contributed by atoms with Gasteiger partial charge in [0.25, 0.3) is 5.91 Å². The van der Waals surface area contributed by atoms with Crippen molar-refractivity contribution in [3.05, 3.63) is 58.8 Å². The number of nitrogens with zero attached hydrogens (tertiary/aromatic N) is 2. The van der Waals surface area contributed by atoms with E-state index in [-0.39, 0.29) is 36.4 Å². The molecule has 0 saturated carbocycles. The molecule has 1 N–H and O–H groups in total. The number of carbonyl (C=O) groups excluding carboxylic acids is 2.